The number of aliphatic hydroxyl groups is 1. The van der Waals surface area contributed by atoms with Crippen molar-refractivity contribution in [2.45, 2.75) is 6.10 Å². The van der Waals surface area contributed by atoms with Crippen molar-refractivity contribution >= 4 is 11.0 Å². The molecule has 0 bridgehead atoms. The number of aliphatic hydroxyl groups excluding tert-OH is 1. The number of rotatable bonds is 2. The molecule has 2 aromatic heterocycles. The number of hydrogen-bond donors (Lipinski definition) is 1. The van der Waals surface area contributed by atoms with Crippen molar-refractivity contribution in [3.8, 4) is 0 Å². The number of benzene rings is 1. The van der Waals surface area contributed by atoms with Crippen LogP contribution in [0, 0.1) is 5.82 Å². The molecular formula is C13H9FN2O2. The summed E-state index contributed by atoms with van der Waals surface area (Å²) in [4.78, 5) is 0. The lowest BCUT2D eigenvalue weighted by molar-refractivity contribution is 0.191. The Morgan fingerprint density at radius 2 is 2.11 bits per heavy atom. The van der Waals surface area contributed by atoms with Gasteiger partial charge < -0.3 is 9.52 Å². The van der Waals surface area contributed by atoms with Gasteiger partial charge in [-0.1, -0.05) is 12.1 Å². The molecule has 0 spiro atoms. The van der Waals surface area contributed by atoms with Crippen LogP contribution < -0.4 is 0 Å². The van der Waals surface area contributed by atoms with Gasteiger partial charge in [0.25, 0.3) is 0 Å². The molecule has 0 fully saturated rings. The average Bonchev–Trinajstić information content (AvgIpc) is 2.84. The molecule has 2 heterocycles. The van der Waals surface area contributed by atoms with Gasteiger partial charge in [-0.3, -0.25) is 0 Å². The highest BCUT2D eigenvalue weighted by Crippen LogP contribution is 2.28. The molecule has 1 N–H and O–H groups in total. The van der Waals surface area contributed by atoms with E-state index < -0.39 is 11.9 Å². The maximum Gasteiger partial charge on any atom is 0.170 e. The Kier molecular flexibility index (Phi) is 2.53. The summed E-state index contributed by atoms with van der Waals surface area (Å²) >= 11 is 0. The number of furan rings is 1. The van der Waals surface area contributed by atoms with Crippen LogP contribution in [0.5, 0.6) is 0 Å². The molecule has 0 amide bonds. The fraction of sp³-hybridized carbons (Fsp3) is 0.0769. The zero-order valence-corrected chi connectivity index (χ0v) is 9.25. The highest BCUT2D eigenvalue weighted by molar-refractivity contribution is 5.78. The maximum atomic E-state index is 13.5. The molecule has 18 heavy (non-hydrogen) atoms. The topological polar surface area (TPSA) is 59.2 Å². The van der Waals surface area contributed by atoms with E-state index >= 15 is 0 Å². The molecule has 3 rings (SSSR count). The SMILES string of the molecule is OC(c1ccnnc1)c1cc2cccc(F)c2o1. The standard InChI is InChI=1S/C13H9FN2O2/c14-10-3-1-2-8-6-11(18-13(8)10)12(17)9-4-5-15-16-7-9/h1-7,12,17H. The van der Waals surface area contributed by atoms with E-state index in [9.17, 15) is 9.50 Å². The van der Waals surface area contributed by atoms with Crippen LogP contribution in [-0.2, 0) is 0 Å². The molecule has 1 atom stereocenters. The van der Waals surface area contributed by atoms with E-state index in [4.69, 9.17) is 4.42 Å². The van der Waals surface area contributed by atoms with E-state index in [2.05, 4.69) is 10.2 Å². The molecule has 90 valence electrons. The van der Waals surface area contributed by atoms with Gasteiger partial charge in [0.05, 0.1) is 6.20 Å². The van der Waals surface area contributed by atoms with Gasteiger partial charge >= 0.3 is 0 Å². The quantitative estimate of drug-likeness (QED) is 0.752. The molecule has 1 unspecified atom stereocenters. The number of aromatic nitrogens is 2. The van der Waals surface area contributed by atoms with E-state index in [0.29, 0.717) is 10.9 Å². The number of para-hydroxylation sites is 1. The smallest absolute Gasteiger partial charge is 0.170 e. The first-order valence-corrected chi connectivity index (χ1v) is 5.38. The fourth-order valence-corrected chi connectivity index (χ4v) is 1.81. The molecule has 5 heteroatoms. The van der Waals surface area contributed by atoms with Crippen molar-refractivity contribution < 1.29 is 13.9 Å². The summed E-state index contributed by atoms with van der Waals surface area (Å²) in [5.41, 5.74) is 0.693. The number of halogens is 1. The van der Waals surface area contributed by atoms with Crippen LogP contribution in [0.25, 0.3) is 11.0 Å². The van der Waals surface area contributed by atoms with E-state index in [1.807, 2.05) is 0 Å². The summed E-state index contributed by atoms with van der Waals surface area (Å²) in [5, 5.41) is 18.0. The second-order valence-corrected chi connectivity index (χ2v) is 3.89. The Labute approximate surface area is 102 Å². The zero-order chi connectivity index (χ0) is 12.5. The second kappa shape index (κ2) is 4.19. The van der Waals surface area contributed by atoms with Gasteiger partial charge in [-0.25, -0.2) is 4.39 Å². The van der Waals surface area contributed by atoms with Crippen LogP contribution >= 0.6 is 0 Å². The van der Waals surface area contributed by atoms with Gasteiger partial charge in [0.2, 0.25) is 0 Å². The molecular weight excluding hydrogens is 235 g/mol. The molecule has 0 aliphatic heterocycles. The molecule has 1 aromatic carbocycles. The summed E-state index contributed by atoms with van der Waals surface area (Å²) in [7, 11) is 0. The van der Waals surface area contributed by atoms with E-state index in [0.717, 1.165) is 0 Å². The van der Waals surface area contributed by atoms with Crippen molar-refractivity contribution in [2.24, 2.45) is 0 Å². The van der Waals surface area contributed by atoms with Gasteiger partial charge in [-0.2, -0.15) is 10.2 Å². The molecule has 4 nitrogen and oxygen atoms in total. The fourth-order valence-electron chi connectivity index (χ4n) is 1.81. The van der Waals surface area contributed by atoms with Crippen LogP contribution in [0.2, 0.25) is 0 Å². The van der Waals surface area contributed by atoms with Crippen molar-refractivity contribution in [3.63, 3.8) is 0 Å². The monoisotopic (exact) mass is 244 g/mol. The maximum absolute atomic E-state index is 13.5. The minimum absolute atomic E-state index is 0.147. The largest absolute Gasteiger partial charge is 0.455 e. The molecule has 0 saturated carbocycles. The minimum Gasteiger partial charge on any atom is -0.455 e. The first-order chi connectivity index (χ1) is 8.75. The van der Waals surface area contributed by atoms with Crippen LogP contribution in [0.15, 0.2) is 47.1 Å². The lowest BCUT2D eigenvalue weighted by atomic mass is 10.1. The Hall–Kier alpha value is -2.27. The van der Waals surface area contributed by atoms with Crippen molar-refractivity contribution in [3.05, 3.63) is 59.9 Å². The zero-order valence-electron chi connectivity index (χ0n) is 9.25. The molecule has 3 aromatic rings. The first-order valence-electron chi connectivity index (χ1n) is 5.38. The Bertz CT molecular complexity index is 682. The predicted octanol–water partition coefficient (Wildman–Crippen LogP) is 2.44. The Morgan fingerprint density at radius 1 is 1.22 bits per heavy atom. The summed E-state index contributed by atoms with van der Waals surface area (Å²) in [5.74, 6) is -0.165. The highest BCUT2D eigenvalue weighted by atomic mass is 19.1. The highest BCUT2D eigenvalue weighted by Gasteiger charge is 2.17. The first kappa shape index (κ1) is 10.9. The summed E-state index contributed by atoms with van der Waals surface area (Å²) in [6.45, 7) is 0. The van der Waals surface area contributed by atoms with Crippen molar-refractivity contribution in [2.75, 3.05) is 0 Å². The van der Waals surface area contributed by atoms with Gasteiger partial charge in [-0.15, -0.1) is 0 Å². The van der Waals surface area contributed by atoms with Crippen LogP contribution in [0.4, 0.5) is 4.39 Å². The van der Waals surface area contributed by atoms with Gasteiger partial charge in [-0.05, 0) is 18.2 Å². The lowest BCUT2D eigenvalue weighted by Gasteiger charge is -2.05. The number of hydrogen-bond acceptors (Lipinski definition) is 4. The summed E-state index contributed by atoms with van der Waals surface area (Å²) in [6, 6.07) is 7.88. The predicted molar refractivity (Wildman–Crippen MR) is 62.3 cm³/mol. The average molecular weight is 244 g/mol. The lowest BCUT2D eigenvalue weighted by Crippen LogP contribution is -1.98. The summed E-state index contributed by atoms with van der Waals surface area (Å²) < 4.78 is 18.8. The van der Waals surface area contributed by atoms with Gasteiger partial charge in [0, 0.05) is 17.1 Å². The third-order valence-electron chi connectivity index (χ3n) is 2.71. The van der Waals surface area contributed by atoms with E-state index in [1.165, 1.54) is 18.5 Å². The normalized spacial score (nSPS) is 12.8. The van der Waals surface area contributed by atoms with Crippen molar-refractivity contribution in [1.82, 2.24) is 10.2 Å². The van der Waals surface area contributed by atoms with Crippen LogP contribution in [0.3, 0.4) is 0 Å². The van der Waals surface area contributed by atoms with E-state index in [-0.39, 0.29) is 11.3 Å². The minimum atomic E-state index is -0.979. The molecule has 0 saturated heterocycles. The Morgan fingerprint density at radius 3 is 2.83 bits per heavy atom. The van der Waals surface area contributed by atoms with Crippen molar-refractivity contribution in [1.29, 1.82) is 0 Å². The second-order valence-electron chi connectivity index (χ2n) is 3.89. The molecule has 0 radical (unpaired) electrons. The van der Waals surface area contributed by atoms with Gasteiger partial charge in [0.1, 0.15) is 11.9 Å². The molecule has 0 aliphatic rings. The van der Waals surface area contributed by atoms with E-state index in [1.54, 1.807) is 24.3 Å². The Balaban J connectivity index is 2.07. The summed E-state index contributed by atoms with van der Waals surface area (Å²) in [6.07, 6.45) is 1.93. The number of nitrogens with zero attached hydrogens (tertiary/aromatic N) is 2. The van der Waals surface area contributed by atoms with Crippen LogP contribution in [0.1, 0.15) is 17.4 Å². The van der Waals surface area contributed by atoms with Gasteiger partial charge in [0.15, 0.2) is 11.4 Å². The third kappa shape index (κ3) is 1.74. The number of fused-ring (bicyclic) bond motifs is 1. The van der Waals surface area contributed by atoms with Crippen LogP contribution in [-0.4, -0.2) is 15.3 Å². The third-order valence-corrected chi connectivity index (χ3v) is 2.71. The molecule has 0 aliphatic carbocycles.